The van der Waals surface area contributed by atoms with Crippen molar-refractivity contribution in [3.05, 3.63) is 29.8 Å². The molecule has 16 heavy (non-hydrogen) atoms. The lowest BCUT2D eigenvalue weighted by Crippen LogP contribution is -2.10. The summed E-state index contributed by atoms with van der Waals surface area (Å²) in [7, 11) is 1.63. The van der Waals surface area contributed by atoms with Gasteiger partial charge in [0.2, 0.25) is 0 Å². The number of aldehydes is 1. The van der Waals surface area contributed by atoms with Crippen LogP contribution in [0, 0.1) is 0 Å². The van der Waals surface area contributed by atoms with Crippen molar-refractivity contribution in [3.8, 4) is 5.75 Å². The molecule has 0 fully saturated rings. The summed E-state index contributed by atoms with van der Waals surface area (Å²) in [5.41, 5.74) is 0.609. The average Bonchev–Trinajstić information content (AvgIpc) is 2.34. The van der Waals surface area contributed by atoms with E-state index in [4.69, 9.17) is 14.2 Å². The molecule has 1 rings (SSSR count). The molecule has 0 aliphatic rings. The number of methoxy groups -OCH3 is 1. The maximum atomic E-state index is 10.5. The highest BCUT2D eigenvalue weighted by atomic mass is 16.5. The number of hydrogen-bond acceptors (Lipinski definition) is 4. The predicted molar refractivity (Wildman–Crippen MR) is 60.0 cm³/mol. The monoisotopic (exact) mass is 224 g/mol. The standard InChI is InChI=1S/C12H16O4/c1-14-5-6-15-7-8-16-12-4-2-3-11(9-12)10-13/h2-4,9-10H,5-8H2,1H3. The van der Waals surface area contributed by atoms with Gasteiger partial charge in [-0.2, -0.15) is 0 Å². The number of rotatable bonds is 8. The molecule has 0 saturated carbocycles. The topological polar surface area (TPSA) is 44.8 Å². The Morgan fingerprint density at radius 3 is 2.75 bits per heavy atom. The number of carbonyl (C=O) groups is 1. The Balaban J connectivity index is 2.18. The van der Waals surface area contributed by atoms with Crippen LogP contribution in [0.1, 0.15) is 10.4 Å². The number of benzene rings is 1. The molecule has 0 atom stereocenters. The molecule has 0 saturated heterocycles. The zero-order chi connectivity index (χ0) is 11.6. The molecule has 4 nitrogen and oxygen atoms in total. The fraction of sp³-hybridized carbons (Fsp3) is 0.417. The second-order valence-corrected chi connectivity index (χ2v) is 3.14. The molecule has 0 radical (unpaired) electrons. The minimum Gasteiger partial charge on any atom is -0.491 e. The van der Waals surface area contributed by atoms with Crippen molar-refractivity contribution in [2.45, 2.75) is 0 Å². The van der Waals surface area contributed by atoms with E-state index < -0.39 is 0 Å². The van der Waals surface area contributed by atoms with Crippen molar-refractivity contribution in [1.29, 1.82) is 0 Å². The lowest BCUT2D eigenvalue weighted by molar-refractivity contribution is 0.0544. The van der Waals surface area contributed by atoms with Crippen LogP contribution in [-0.2, 0) is 9.47 Å². The third-order valence-corrected chi connectivity index (χ3v) is 1.92. The highest BCUT2D eigenvalue weighted by Gasteiger charge is 1.95. The molecule has 88 valence electrons. The summed E-state index contributed by atoms with van der Waals surface area (Å²) < 4.78 is 15.5. The average molecular weight is 224 g/mol. The second-order valence-electron chi connectivity index (χ2n) is 3.14. The van der Waals surface area contributed by atoms with Crippen LogP contribution >= 0.6 is 0 Å². The Bertz CT molecular complexity index is 312. The molecule has 0 spiro atoms. The van der Waals surface area contributed by atoms with E-state index in [-0.39, 0.29) is 0 Å². The Hall–Kier alpha value is -1.39. The summed E-state index contributed by atoms with van der Waals surface area (Å²) in [6.45, 7) is 2.12. The summed E-state index contributed by atoms with van der Waals surface area (Å²) in [5.74, 6) is 0.681. The fourth-order valence-corrected chi connectivity index (χ4v) is 1.14. The van der Waals surface area contributed by atoms with Gasteiger partial charge in [0, 0.05) is 12.7 Å². The number of hydrogen-bond donors (Lipinski definition) is 0. The van der Waals surface area contributed by atoms with E-state index >= 15 is 0 Å². The number of carbonyl (C=O) groups excluding carboxylic acids is 1. The van der Waals surface area contributed by atoms with Gasteiger partial charge in [0.05, 0.1) is 19.8 Å². The largest absolute Gasteiger partial charge is 0.491 e. The zero-order valence-electron chi connectivity index (χ0n) is 9.35. The first kappa shape index (κ1) is 12.7. The molecular formula is C12H16O4. The molecule has 0 aromatic heterocycles. The van der Waals surface area contributed by atoms with Crippen LogP contribution in [0.25, 0.3) is 0 Å². The Morgan fingerprint density at radius 2 is 2.00 bits per heavy atom. The molecular weight excluding hydrogens is 208 g/mol. The van der Waals surface area contributed by atoms with Crippen molar-refractivity contribution in [1.82, 2.24) is 0 Å². The molecule has 0 aliphatic heterocycles. The predicted octanol–water partition coefficient (Wildman–Crippen LogP) is 1.54. The molecule has 0 aliphatic carbocycles. The van der Waals surface area contributed by atoms with Crippen molar-refractivity contribution < 1.29 is 19.0 Å². The van der Waals surface area contributed by atoms with E-state index in [1.807, 2.05) is 6.07 Å². The molecule has 0 bridgehead atoms. The molecule has 0 heterocycles. The summed E-state index contributed by atoms with van der Waals surface area (Å²) in [4.78, 5) is 10.5. The van der Waals surface area contributed by atoms with Crippen LogP contribution in [0.5, 0.6) is 5.75 Å². The highest BCUT2D eigenvalue weighted by molar-refractivity contribution is 5.75. The van der Waals surface area contributed by atoms with Gasteiger partial charge < -0.3 is 14.2 Å². The van der Waals surface area contributed by atoms with Crippen molar-refractivity contribution >= 4 is 6.29 Å². The Kier molecular flexibility index (Phi) is 6.22. The lowest BCUT2D eigenvalue weighted by Gasteiger charge is -2.07. The summed E-state index contributed by atoms with van der Waals surface area (Å²) in [6, 6.07) is 7.02. The van der Waals surface area contributed by atoms with E-state index in [9.17, 15) is 4.79 Å². The quantitative estimate of drug-likeness (QED) is 0.496. The smallest absolute Gasteiger partial charge is 0.150 e. The molecule has 4 heteroatoms. The van der Waals surface area contributed by atoms with Crippen molar-refractivity contribution in [3.63, 3.8) is 0 Å². The van der Waals surface area contributed by atoms with E-state index in [1.54, 1.807) is 25.3 Å². The number of ether oxygens (including phenoxy) is 3. The molecule has 0 unspecified atom stereocenters. The Labute approximate surface area is 95.1 Å². The van der Waals surface area contributed by atoms with Gasteiger partial charge in [0.1, 0.15) is 18.6 Å². The maximum Gasteiger partial charge on any atom is 0.150 e. The van der Waals surface area contributed by atoms with Crippen molar-refractivity contribution in [2.75, 3.05) is 33.5 Å². The molecule has 1 aromatic carbocycles. The van der Waals surface area contributed by atoms with Gasteiger partial charge in [-0.3, -0.25) is 4.79 Å². The normalized spacial score (nSPS) is 10.1. The molecule has 0 amide bonds. The van der Waals surface area contributed by atoms with Crippen LogP contribution < -0.4 is 4.74 Å². The molecule has 1 aromatic rings. The summed E-state index contributed by atoms with van der Waals surface area (Å²) >= 11 is 0. The van der Waals surface area contributed by atoms with Gasteiger partial charge in [-0.05, 0) is 12.1 Å². The van der Waals surface area contributed by atoms with E-state index in [0.717, 1.165) is 6.29 Å². The van der Waals surface area contributed by atoms with Gasteiger partial charge in [0.15, 0.2) is 0 Å². The summed E-state index contributed by atoms with van der Waals surface area (Å²) in [5, 5.41) is 0. The van der Waals surface area contributed by atoms with Gasteiger partial charge in [-0.25, -0.2) is 0 Å². The van der Waals surface area contributed by atoms with Gasteiger partial charge >= 0.3 is 0 Å². The van der Waals surface area contributed by atoms with Crippen LogP contribution in [0.2, 0.25) is 0 Å². The van der Waals surface area contributed by atoms with Crippen LogP contribution in [0.3, 0.4) is 0 Å². The van der Waals surface area contributed by atoms with Gasteiger partial charge in [0.25, 0.3) is 0 Å². The van der Waals surface area contributed by atoms with E-state index in [2.05, 4.69) is 0 Å². The highest BCUT2D eigenvalue weighted by Crippen LogP contribution is 2.11. The molecule has 0 N–H and O–H groups in total. The minimum absolute atomic E-state index is 0.464. The van der Waals surface area contributed by atoms with Crippen LogP contribution in [0.4, 0.5) is 0 Å². The first-order valence-corrected chi connectivity index (χ1v) is 5.11. The van der Waals surface area contributed by atoms with Gasteiger partial charge in [-0.1, -0.05) is 12.1 Å². The van der Waals surface area contributed by atoms with Crippen LogP contribution in [0.15, 0.2) is 24.3 Å². The third-order valence-electron chi connectivity index (χ3n) is 1.92. The first-order valence-electron chi connectivity index (χ1n) is 5.11. The lowest BCUT2D eigenvalue weighted by atomic mass is 10.2. The van der Waals surface area contributed by atoms with E-state index in [0.29, 0.717) is 37.7 Å². The Morgan fingerprint density at radius 1 is 1.19 bits per heavy atom. The summed E-state index contributed by atoms with van der Waals surface area (Å²) in [6.07, 6.45) is 0.794. The SMILES string of the molecule is COCCOCCOc1cccc(C=O)c1. The van der Waals surface area contributed by atoms with Gasteiger partial charge in [-0.15, -0.1) is 0 Å². The second kappa shape index (κ2) is 7.84. The minimum atomic E-state index is 0.464. The van der Waals surface area contributed by atoms with Crippen molar-refractivity contribution in [2.24, 2.45) is 0 Å². The zero-order valence-corrected chi connectivity index (χ0v) is 9.35. The third kappa shape index (κ3) is 4.91. The maximum absolute atomic E-state index is 10.5. The first-order chi connectivity index (χ1) is 7.86. The van der Waals surface area contributed by atoms with E-state index in [1.165, 1.54) is 0 Å². The van der Waals surface area contributed by atoms with Crippen LogP contribution in [-0.4, -0.2) is 39.8 Å². The fourth-order valence-electron chi connectivity index (χ4n) is 1.14.